The molecule has 0 spiro atoms. The van der Waals surface area contributed by atoms with E-state index in [1.165, 1.54) is 19.3 Å². The molecule has 4 bridgehead atoms. The Morgan fingerprint density at radius 2 is 1.67 bits per heavy atom. The fourth-order valence-electron chi connectivity index (χ4n) is 6.82. The molecule has 1 heterocycles. The second kappa shape index (κ2) is 8.51. The average molecular weight is 432 g/mol. The summed E-state index contributed by atoms with van der Waals surface area (Å²) in [5.41, 5.74) is 1.70. The minimum atomic E-state index is -0.0936. The molecular weight excluding hydrogens is 398 g/mol. The normalized spacial score (nSPS) is 34.4. The van der Waals surface area contributed by atoms with Crippen molar-refractivity contribution in [3.63, 3.8) is 0 Å². The summed E-state index contributed by atoms with van der Waals surface area (Å²) < 4.78 is 0. The highest BCUT2D eigenvalue weighted by atomic mass is 35.5. The fourth-order valence-corrected chi connectivity index (χ4v) is 6.82. The summed E-state index contributed by atoms with van der Waals surface area (Å²) in [5, 5.41) is 6.60. The van der Waals surface area contributed by atoms with Crippen molar-refractivity contribution in [1.82, 2.24) is 15.5 Å². The maximum Gasteiger partial charge on any atom is 0.253 e. The predicted molar refractivity (Wildman–Crippen MR) is 120 cm³/mol. The van der Waals surface area contributed by atoms with Gasteiger partial charge in [-0.25, -0.2) is 0 Å². The molecule has 5 aliphatic rings. The average Bonchev–Trinajstić information content (AvgIpc) is 2.71. The molecule has 5 nitrogen and oxygen atoms in total. The van der Waals surface area contributed by atoms with Gasteiger partial charge in [0, 0.05) is 43.2 Å². The molecule has 164 valence electrons. The summed E-state index contributed by atoms with van der Waals surface area (Å²) in [7, 11) is 0. The smallest absolute Gasteiger partial charge is 0.253 e. The van der Waals surface area contributed by atoms with Crippen LogP contribution in [0.5, 0.6) is 0 Å². The zero-order valence-corrected chi connectivity index (χ0v) is 18.7. The predicted octanol–water partition coefficient (Wildman–Crippen LogP) is 3.37. The van der Waals surface area contributed by atoms with Crippen LogP contribution in [0.3, 0.4) is 0 Å². The van der Waals surface area contributed by atoms with Gasteiger partial charge in [-0.2, -0.15) is 0 Å². The number of rotatable bonds is 4. The number of halogens is 1. The van der Waals surface area contributed by atoms with Gasteiger partial charge in [-0.1, -0.05) is 12.1 Å². The van der Waals surface area contributed by atoms with Crippen LogP contribution in [0, 0.1) is 23.2 Å². The van der Waals surface area contributed by atoms with Crippen molar-refractivity contribution in [3.8, 4) is 0 Å². The molecule has 6 heteroatoms. The molecule has 2 N–H and O–H groups in total. The quantitative estimate of drug-likeness (QED) is 0.768. The number of nitrogens with zero attached hydrogens (tertiary/aromatic N) is 1. The van der Waals surface area contributed by atoms with Gasteiger partial charge in [0.05, 0.1) is 0 Å². The number of benzene rings is 1. The Morgan fingerprint density at radius 1 is 1.07 bits per heavy atom. The lowest BCUT2D eigenvalue weighted by atomic mass is 9.49. The van der Waals surface area contributed by atoms with Crippen molar-refractivity contribution in [1.29, 1.82) is 0 Å². The Hall–Kier alpha value is -1.59. The standard InChI is InChI=1S/C24H33N3O2.ClH/c1-16-15-27(7-6-25-16)22(28)21-4-2-17(3-5-21)14-26-23(29)24-11-18-8-19(12-24)10-20(9-18)13-24;/h2-5,16,18-20,25H,6-15H2,1H3,(H,26,29);1H. The number of hydrogen-bond acceptors (Lipinski definition) is 3. The molecular formula is C24H34ClN3O2. The van der Waals surface area contributed by atoms with E-state index in [0.29, 0.717) is 12.6 Å². The number of carbonyl (C=O) groups is 2. The van der Waals surface area contributed by atoms with Crippen LogP contribution >= 0.6 is 12.4 Å². The van der Waals surface area contributed by atoms with E-state index < -0.39 is 0 Å². The van der Waals surface area contributed by atoms with Crippen LogP contribution in [0.2, 0.25) is 0 Å². The Balaban J connectivity index is 0.00000218. The van der Waals surface area contributed by atoms with Gasteiger partial charge in [0.1, 0.15) is 0 Å². The van der Waals surface area contributed by atoms with Crippen LogP contribution in [0.1, 0.15) is 61.4 Å². The lowest BCUT2D eigenvalue weighted by Crippen LogP contribution is -2.53. The van der Waals surface area contributed by atoms with Crippen LogP contribution in [0.15, 0.2) is 24.3 Å². The van der Waals surface area contributed by atoms with Gasteiger partial charge in [0.25, 0.3) is 5.91 Å². The highest BCUT2D eigenvalue weighted by Crippen LogP contribution is 2.60. The Bertz CT molecular complexity index is 759. The SMILES string of the molecule is CC1CN(C(=O)c2ccc(CNC(=O)C34CC5CC(CC(C5)C3)C4)cc2)CCN1.Cl. The van der Waals surface area contributed by atoms with E-state index in [0.717, 1.165) is 67.8 Å². The van der Waals surface area contributed by atoms with Gasteiger partial charge in [0.15, 0.2) is 0 Å². The molecule has 2 amide bonds. The van der Waals surface area contributed by atoms with Gasteiger partial charge in [-0.3, -0.25) is 9.59 Å². The molecule has 1 aromatic carbocycles. The van der Waals surface area contributed by atoms with Gasteiger partial charge >= 0.3 is 0 Å². The van der Waals surface area contributed by atoms with Crippen LogP contribution in [-0.4, -0.2) is 42.4 Å². The molecule has 6 rings (SSSR count). The minimum Gasteiger partial charge on any atom is -0.352 e. The van der Waals surface area contributed by atoms with Crippen LogP contribution in [-0.2, 0) is 11.3 Å². The summed E-state index contributed by atoms with van der Waals surface area (Å²) in [6, 6.07) is 8.12. The topological polar surface area (TPSA) is 61.4 Å². The van der Waals surface area contributed by atoms with Crippen molar-refractivity contribution in [2.75, 3.05) is 19.6 Å². The zero-order valence-electron chi connectivity index (χ0n) is 17.9. The molecule has 30 heavy (non-hydrogen) atoms. The molecule has 1 saturated heterocycles. The van der Waals surface area contributed by atoms with E-state index in [9.17, 15) is 9.59 Å². The molecule has 5 fully saturated rings. The first-order valence-electron chi connectivity index (χ1n) is 11.4. The maximum atomic E-state index is 13.1. The van der Waals surface area contributed by atoms with Crippen molar-refractivity contribution < 1.29 is 9.59 Å². The number of piperazine rings is 1. The van der Waals surface area contributed by atoms with Crippen molar-refractivity contribution >= 4 is 24.2 Å². The van der Waals surface area contributed by atoms with Crippen molar-refractivity contribution in [2.24, 2.45) is 23.2 Å². The lowest BCUT2D eigenvalue weighted by molar-refractivity contribution is -0.146. The van der Waals surface area contributed by atoms with Gasteiger partial charge in [-0.15, -0.1) is 12.4 Å². The monoisotopic (exact) mass is 431 g/mol. The third-order valence-electron chi connectivity index (χ3n) is 7.83. The first kappa shape index (κ1) is 21.6. The lowest BCUT2D eigenvalue weighted by Gasteiger charge is -2.55. The molecule has 4 saturated carbocycles. The van der Waals surface area contributed by atoms with E-state index >= 15 is 0 Å². The van der Waals surface area contributed by atoms with Gasteiger partial charge < -0.3 is 15.5 Å². The Morgan fingerprint density at radius 3 is 2.23 bits per heavy atom. The first-order chi connectivity index (χ1) is 14.0. The van der Waals surface area contributed by atoms with Crippen molar-refractivity contribution in [3.05, 3.63) is 35.4 Å². The third kappa shape index (κ3) is 4.11. The number of amides is 2. The molecule has 1 atom stereocenters. The number of nitrogens with one attached hydrogen (secondary N) is 2. The highest BCUT2D eigenvalue weighted by Gasteiger charge is 2.54. The largest absolute Gasteiger partial charge is 0.352 e. The van der Waals surface area contributed by atoms with Gasteiger partial charge in [0.2, 0.25) is 5.91 Å². The second-order valence-electron chi connectivity index (χ2n) is 10.2. The maximum absolute atomic E-state index is 13.1. The van der Waals surface area contributed by atoms with E-state index in [1.807, 2.05) is 29.2 Å². The zero-order chi connectivity index (χ0) is 20.0. The van der Waals surface area contributed by atoms with Crippen LogP contribution in [0.4, 0.5) is 0 Å². The Labute approximate surface area is 185 Å². The van der Waals surface area contributed by atoms with Crippen LogP contribution in [0.25, 0.3) is 0 Å². The fraction of sp³-hybridized carbons (Fsp3) is 0.667. The van der Waals surface area contributed by atoms with E-state index in [2.05, 4.69) is 17.6 Å². The summed E-state index contributed by atoms with van der Waals surface area (Å²) in [6.07, 6.45) is 7.36. The van der Waals surface area contributed by atoms with E-state index in [1.54, 1.807) is 0 Å². The van der Waals surface area contributed by atoms with Crippen molar-refractivity contribution in [2.45, 2.75) is 58.0 Å². The van der Waals surface area contributed by atoms with E-state index in [4.69, 9.17) is 0 Å². The third-order valence-corrected chi connectivity index (χ3v) is 7.83. The molecule has 1 unspecified atom stereocenters. The highest BCUT2D eigenvalue weighted by molar-refractivity contribution is 5.94. The summed E-state index contributed by atoms with van der Waals surface area (Å²) in [6.45, 7) is 5.02. The summed E-state index contributed by atoms with van der Waals surface area (Å²) in [5.74, 6) is 2.72. The molecule has 0 aromatic heterocycles. The molecule has 1 aliphatic heterocycles. The molecule has 4 aliphatic carbocycles. The summed E-state index contributed by atoms with van der Waals surface area (Å²) in [4.78, 5) is 27.7. The minimum absolute atomic E-state index is 0. The van der Waals surface area contributed by atoms with E-state index in [-0.39, 0.29) is 29.6 Å². The Kier molecular flexibility index (Phi) is 6.13. The van der Waals surface area contributed by atoms with Gasteiger partial charge in [-0.05, 0) is 80.9 Å². The second-order valence-corrected chi connectivity index (χ2v) is 10.2. The molecule has 1 aromatic rings. The number of carbonyl (C=O) groups excluding carboxylic acids is 2. The number of hydrogen-bond donors (Lipinski definition) is 2. The first-order valence-corrected chi connectivity index (χ1v) is 11.4. The van der Waals surface area contributed by atoms with Crippen LogP contribution < -0.4 is 10.6 Å². The summed E-state index contributed by atoms with van der Waals surface area (Å²) >= 11 is 0. The molecule has 0 radical (unpaired) electrons.